The van der Waals surface area contributed by atoms with E-state index in [1.807, 2.05) is 0 Å². The van der Waals surface area contributed by atoms with Gasteiger partial charge in [-0.2, -0.15) is 39.5 Å². The van der Waals surface area contributed by atoms with Crippen LogP contribution in [0.15, 0.2) is 42.5 Å². The van der Waals surface area contributed by atoms with Crippen LogP contribution in [0.3, 0.4) is 0 Å². The number of benzene rings is 2. The Morgan fingerprint density at radius 1 is 0.741 bits per heavy atom. The van der Waals surface area contributed by atoms with Crippen molar-refractivity contribution in [2.75, 3.05) is 5.73 Å². The van der Waals surface area contributed by atoms with Crippen molar-refractivity contribution in [1.29, 1.82) is 0 Å². The molecule has 0 radical (unpaired) electrons. The molecule has 0 bridgehead atoms. The highest BCUT2D eigenvalue weighted by Gasteiger charge is 2.57. The van der Waals surface area contributed by atoms with Gasteiger partial charge in [0.05, 0.1) is 0 Å². The van der Waals surface area contributed by atoms with Crippen LogP contribution in [0.5, 0.6) is 11.5 Å². The molecule has 0 amide bonds. The second-order valence-corrected chi connectivity index (χ2v) is 5.44. The molecule has 27 heavy (non-hydrogen) atoms. The van der Waals surface area contributed by atoms with Crippen LogP contribution in [-0.4, -0.2) is 12.4 Å². The second-order valence-electron chi connectivity index (χ2n) is 5.44. The van der Waals surface area contributed by atoms with Crippen molar-refractivity contribution in [3.8, 4) is 11.5 Å². The van der Waals surface area contributed by atoms with E-state index < -0.39 is 41.3 Å². The zero-order chi connectivity index (χ0) is 20.6. The maximum Gasteiger partial charge on any atom is 0.420 e. The maximum atomic E-state index is 13.0. The number of alkyl halides is 9. The normalized spacial score (nSPS) is 13.1. The molecule has 0 aromatic heterocycles. The first-order chi connectivity index (χ1) is 12.2. The first kappa shape index (κ1) is 20.7. The minimum Gasteiger partial charge on any atom is -0.457 e. The van der Waals surface area contributed by atoms with Gasteiger partial charge in [0.2, 0.25) is 0 Å². The fraction of sp³-hybridized carbons (Fsp3) is 0.250. The van der Waals surface area contributed by atoms with Gasteiger partial charge in [-0.05, 0) is 35.9 Å². The summed E-state index contributed by atoms with van der Waals surface area (Å²) < 4.78 is 120. The maximum absolute atomic E-state index is 13.0. The van der Waals surface area contributed by atoms with Crippen molar-refractivity contribution in [2.24, 2.45) is 0 Å². The predicted octanol–water partition coefficient (Wildman–Crippen LogP) is 6.29. The lowest BCUT2D eigenvalue weighted by Gasteiger charge is -2.23. The van der Waals surface area contributed by atoms with Crippen LogP contribution in [-0.2, 0) is 6.18 Å². The van der Waals surface area contributed by atoms with E-state index in [2.05, 4.69) is 0 Å². The molecular weight excluding hydrogens is 393 g/mol. The van der Waals surface area contributed by atoms with E-state index in [0.717, 1.165) is 24.3 Å². The van der Waals surface area contributed by atoms with Gasteiger partial charge < -0.3 is 10.5 Å². The van der Waals surface area contributed by atoms with Crippen LogP contribution in [0, 0.1) is 0 Å². The lowest BCUT2D eigenvalue weighted by molar-refractivity contribution is -0.253. The third-order valence-electron chi connectivity index (χ3n) is 3.40. The SMILES string of the molecule is Nc1ccc(Oc2ccc(C(C(F)(F)F)C(F)(F)F)cc2)c(C(F)(F)F)c1. The monoisotopic (exact) mass is 403 g/mol. The van der Waals surface area contributed by atoms with E-state index in [0.29, 0.717) is 18.2 Å². The quantitative estimate of drug-likeness (QED) is 0.483. The Morgan fingerprint density at radius 3 is 1.70 bits per heavy atom. The predicted molar refractivity (Wildman–Crippen MR) is 77.2 cm³/mol. The third-order valence-corrected chi connectivity index (χ3v) is 3.40. The molecule has 0 saturated heterocycles. The molecule has 2 aromatic carbocycles. The zero-order valence-electron chi connectivity index (χ0n) is 13.0. The van der Waals surface area contributed by atoms with Crippen molar-refractivity contribution in [2.45, 2.75) is 24.4 Å². The number of halogens is 9. The summed E-state index contributed by atoms with van der Waals surface area (Å²) in [6.07, 6.45) is -16.0. The number of hydrogen-bond acceptors (Lipinski definition) is 2. The van der Waals surface area contributed by atoms with Crippen molar-refractivity contribution >= 4 is 5.69 Å². The van der Waals surface area contributed by atoms with E-state index in [4.69, 9.17) is 10.5 Å². The molecule has 2 N–H and O–H groups in total. The fourth-order valence-corrected chi connectivity index (χ4v) is 2.28. The Hall–Kier alpha value is -2.59. The van der Waals surface area contributed by atoms with Gasteiger partial charge in [0, 0.05) is 5.69 Å². The molecule has 0 aliphatic heterocycles. The summed E-state index contributed by atoms with van der Waals surface area (Å²) in [5.74, 6) is -4.80. The van der Waals surface area contributed by atoms with Crippen LogP contribution in [0.25, 0.3) is 0 Å². The molecule has 11 heteroatoms. The molecule has 2 nitrogen and oxygen atoms in total. The summed E-state index contributed by atoms with van der Waals surface area (Å²) >= 11 is 0. The van der Waals surface area contributed by atoms with Gasteiger partial charge in [0.25, 0.3) is 0 Å². The van der Waals surface area contributed by atoms with E-state index in [1.165, 1.54) is 0 Å². The largest absolute Gasteiger partial charge is 0.457 e. The van der Waals surface area contributed by atoms with E-state index in [-0.39, 0.29) is 11.4 Å². The van der Waals surface area contributed by atoms with Crippen LogP contribution in [0.4, 0.5) is 45.2 Å². The molecular formula is C16H10F9NO. The molecule has 0 fully saturated rings. The summed E-state index contributed by atoms with van der Waals surface area (Å²) in [6, 6.07) is 5.00. The minimum atomic E-state index is -5.58. The summed E-state index contributed by atoms with van der Waals surface area (Å²) in [7, 11) is 0. The summed E-state index contributed by atoms with van der Waals surface area (Å²) in [5.41, 5.74) is 2.72. The van der Waals surface area contributed by atoms with E-state index in [1.54, 1.807) is 0 Å². The molecule has 2 rings (SSSR count). The lowest BCUT2D eigenvalue weighted by atomic mass is 9.98. The van der Waals surface area contributed by atoms with Crippen molar-refractivity contribution in [1.82, 2.24) is 0 Å². The van der Waals surface area contributed by atoms with Crippen molar-refractivity contribution < 1.29 is 44.3 Å². The highest BCUT2D eigenvalue weighted by Crippen LogP contribution is 2.47. The first-order valence-electron chi connectivity index (χ1n) is 7.07. The summed E-state index contributed by atoms with van der Waals surface area (Å²) in [5, 5.41) is 0. The van der Waals surface area contributed by atoms with Gasteiger partial charge in [-0.25, -0.2) is 0 Å². The molecule has 0 aliphatic carbocycles. The molecule has 0 saturated carbocycles. The number of hydrogen-bond donors (Lipinski definition) is 1. The minimum absolute atomic E-state index is 0.205. The average molecular weight is 403 g/mol. The van der Waals surface area contributed by atoms with Crippen LogP contribution >= 0.6 is 0 Å². The number of rotatable bonds is 3. The molecule has 0 aliphatic rings. The first-order valence-corrected chi connectivity index (χ1v) is 7.07. The van der Waals surface area contributed by atoms with Gasteiger partial charge in [-0.15, -0.1) is 0 Å². The molecule has 0 heterocycles. The number of nitrogens with two attached hydrogens (primary N) is 1. The Balaban J connectivity index is 2.35. The Labute approximate surface area is 146 Å². The molecule has 2 aromatic rings. The third kappa shape index (κ3) is 4.98. The summed E-state index contributed by atoms with van der Waals surface area (Å²) in [4.78, 5) is 0. The molecule has 0 unspecified atom stereocenters. The van der Waals surface area contributed by atoms with Gasteiger partial charge in [-0.3, -0.25) is 0 Å². The smallest absolute Gasteiger partial charge is 0.420 e. The van der Waals surface area contributed by atoms with Gasteiger partial charge in [-0.1, -0.05) is 12.1 Å². The zero-order valence-corrected chi connectivity index (χ0v) is 13.0. The Morgan fingerprint density at radius 2 is 1.26 bits per heavy atom. The molecule has 0 spiro atoms. The Kier molecular flexibility index (Phi) is 5.26. The highest BCUT2D eigenvalue weighted by molar-refractivity contribution is 5.50. The summed E-state index contributed by atoms with van der Waals surface area (Å²) in [6.45, 7) is 0. The standard InChI is InChI=1S/C16H10F9NO/c17-14(18,19)11-7-9(26)3-6-12(11)27-10-4-1-8(2-5-10)13(15(20,21)22)16(23,24)25/h1-7,13H,26H2. The molecule has 148 valence electrons. The molecule has 0 atom stereocenters. The number of anilines is 1. The second kappa shape index (κ2) is 6.86. The van der Waals surface area contributed by atoms with Gasteiger partial charge >= 0.3 is 18.5 Å². The average Bonchev–Trinajstić information content (AvgIpc) is 2.47. The van der Waals surface area contributed by atoms with Crippen LogP contribution < -0.4 is 10.5 Å². The fourth-order valence-electron chi connectivity index (χ4n) is 2.28. The van der Waals surface area contributed by atoms with Crippen LogP contribution in [0.1, 0.15) is 17.0 Å². The van der Waals surface area contributed by atoms with Crippen molar-refractivity contribution in [3.63, 3.8) is 0 Å². The van der Waals surface area contributed by atoms with Crippen molar-refractivity contribution in [3.05, 3.63) is 53.6 Å². The highest BCUT2D eigenvalue weighted by atomic mass is 19.4. The number of ether oxygens (including phenoxy) is 1. The topological polar surface area (TPSA) is 35.2 Å². The van der Waals surface area contributed by atoms with E-state index in [9.17, 15) is 39.5 Å². The number of nitrogen functional groups attached to an aromatic ring is 1. The van der Waals surface area contributed by atoms with Gasteiger partial charge in [0.1, 0.15) is 17.1 Å². The van der Waals surface area contributed by atoms with Gasteiger partial charge in [0.15, 0.2) is 5.92 Å². The Bertz CT molecular complexity index is 778. The van der Waals surface area contributed by atoms with E-state index >= 15 is 0 Å². The lowest BCUT2D eigenvalue weighted by Crippen LogP contribution is -2.34. The van der Waals surface area contributed by atoms with Crippen LogP contribution in [0.2, 0.25) is 0 Å².